The number of rotatable bonds is 8. The average molecular weight is 504 g/mol. The fourth-order valence-electron chi connectivity index (χ4n) is 3.27. The molecular weight excluding hydrogens is 478 g/mol. The van der Waals surface area contributed by atoms with Crippen LogP contribution in [0.1, 0.15) is 16.7 Å². The van der Waals surface area contributed by atoms with Gasteiger partial charge < -0.3 is 14.8 Å². The van der Waals surface area contributed by atoms with Crippen LogP contribution in [-0.2, 0) is 29.1 Å². The number of carbonyl (C=O) groups excluding carboxylic acids is 2. The van der Waals surface area contributed by atoms with Crippen molar-refractivity contribution in [1.29, 1.82) is 0 Å². The molecule has 12 heteroatoms. The molecule has 186 valence electrons. The number of nitrogens with one attached hydrogen (secondary N) is 1. The number of nitro benzene ring substituents is 1. The van der Waals surface area contributed by atoms with Crippen LogP contribution in [0.25, 0.3) is 6.08 Å². The maximum Gasteiger partial charge on any atom is 0.331 e. The van der Waals surface area contributed by atoms with Crippen molar-refractivity contribution in [3.05, 3.63) is 69.3 Å². The Kier molecular flexibility index (Phi) is 8.33. The van der Waals surface area contributed by atoms with Crippen LogP contribution in [0.15, 0.2) is 47.4 Å². The second-order valence-corrected chi connectivity index (χ2v) is 9.72. The SMILES string of the molecule is Cc1cc(NC(=O)COC(=O)/C=C/c2ccc(S(=O)(=O)N3CCOCC3)cc2)c([N+](=O)[O-])cc1C. The van der Waals surface area contributed by atoms with Gasteiger partial charge in [0.15, 0.2) is 6.61 Å². The van der Waals surface area contributed by atoms with E-state index in [4.69, 9.17) is 9.47 Å². The molecule has 0 bridgehead atoms. The highest BCUT2D eigenvalue weighted by Gasteiger charge is 2.26. The number of carbonyl (C=O) groups is 2. The summed E-state index contributed by atoms with van der Waals surface area (Å²) >= 11 is 0. The van der Waals surface area contributed by atoms with E-state index in [-0.39, 0.29) is 16.3 Å². The largest absolute Gasteiger partial charge is 0.452 e. The van der Waals surface area contributed by atoms with Gasteiger partial charge in [0.05, 0.1) is 23.0 Å². The number of nitro groups is 1. The fraction of sp³-hybridized carbons (Fsp3) is 0.304. The van der Waals surface area contributed by atoms with Gasteiger partial charge in [0, 0.05) is 25.2 Å². The first-order valence-corrected chi connectivity index (χ1v) is 12.1. The number of hydrogen-bond donors (Lipinski definition) is 1. The van der Waals surface area contributed by atoms with Gasteiger partial charge in [0.1, 0.15) is 5.69 Å². The number of ether oxygens (including phenoxy) is 2. The molecule has 0 aliphatic carbocycles. The van der Waals surface area contributed by atoms with E-state index < -0.39 is 33.4 Å². The first-order valence-electron chi connectivity index (χ1n) is 10.7. The van der Waals surface area contributed by atoms with Crippen molar-refractivity contribution in [3.63, 3.8) is 0 Å². The summed E-state index contributed by atoms with van der Waals surface area (Å²) in [4.78, 5) is 34.8. The van der Waals surface area contributed by atoms with Crippen molar-refractivity contribution in [2.45, 2.75) is 18.7 Å². The Morgan fingerprint density at radius 3 is 2.40 bits per heavy atom. The Hall–Kier alpha value is -3.61. The highest BCUT2D eigenvalue weighted by molar-refractivity contribution is 7.89. The molecule has 1 N–H and O–H groups in total. The van der Waals surface area contributed by atoms with Crippen molar-refractivity contribution < 1.29 is 32.4 Å². The molecule has 0 aromatic heterocycles. The van der Waals surface area contributed by atoms with E-state index in [0.717, 1.165) is 11.6 Å². The number of hydrogen-bond acceptors (Lipinski definition) is 8. The summed E-state index contributed by atoms with van der Waals surface area (Å²) in [6.07, 6.45) is 2.51. The van der Waals surface area contributed by atoms with Crippen LogP contribution in [0.3, 0.4) is 0 Å². The zero-order chi connectivity index (χ0) is 25.6. The minimum Gasteiger partial charge on any atom is -0.452 e. The van der Waals surface area contributed by atoms with E-state index in [2.05, 4.69) is 5.32 Å². The molecule has 1 heterocycles. The molecule has 1 saturated heterocycles. The lowest BCUT2D eigenvalue weighted by molar-refractivity contribution is -0.384. The predicted molar refractivity (Wildman–Crippen MR) is 127 cm³/mol. The molecule has 1 fully saturated rings. The van der Waals surface area contributed by atoms with Crippen molar-refractivity contribution in [2.75, 3.05) is 38.2 Å². The third kappa shape index (κ3) is 6.72. The summed E-state index contributed by atoms with van der Waals surface area (Å²) in [6.45, 7) is 4.12. The number of sulfonamides is 1. The number of nitrogens with zero attached hydrogens (tertiary/aromatic N) is 2. The van der Waals surface area contributed by atoms with Gasteiger partial charge in [-0.3, -0.25) is 14.9 Å². The van der Waals surface area contributed by atoms with E-state index >= 15 is 0 Å². The van der Waals surface area contributed by atoms with Gasteiger partial charge in [-0.05, 0) is 54.8 Å². The van der Waals surface area contributed by atoms with Gasteiger partial charge in [0.2, 0.25) is 10.0 Å². The van der Waals surface area contributed by atoms with Gasteiger partial charge in [-0.2, -0.15) is 4.31 Å². The molecule has 2 aromatic carbocycles. The van der Waals surface area contributed by atoms with E-state index in [1.165, 1.54) is 34.6 Å². The Balaban J connectivity index is 1.55. The minimum absolute atomic E-state index is 0.0156. The average Bonchev–Trinajstić information content (AvgIpc) is 2.84. The Morgan fingerprint density at radius 2 is 1.77 bits per heavy atom. The van der Waals surface area contributed by atoms with E-state index in [9.17, 15) is 28.1 Å². The number of amides is 1. The first-order chi connectivity index (χ1) is 16.6. The van der Waals surface area contributed by atoms with Crippen LogP contribution >= 0.6 is 0 Å². The molecule has 1 aliphatic heterocycles. The molecule has 0 unspecified atom stereocenters. The lowest BCUT2D eigenvalue weighted by Gasteiger charge is -2.26. The zero-order valence-corrected chi connectivity index (χ0v) is 20.0. The molecule has 3 rings (SSSR count). The smallest absolute Gasteiger partial charge is 0.331 e. The summed E-state index contributed by atoms with van der Waals surface area (Å²) in [7, 11) is -3.62. The van der Waals surface area contributed by atoms with Crippen molar-refractivity contribution in [2.24, 2.45) is 0 Å². The zero-order valence-electron chi connectivity index (χ0n) is 19.2. The third-order valence-corrected chi connectivity index (χ3v) is 7.24. The standard InChI is InChI=1S/C23H25N3O8S/c1-16-13-20(21(26(29)30)14-17(16)2)24-22(27)15-34-23(28)8-5-18-3-6-19(7-4-18)35(31,32)25-9-11-33-12-10-25/h3-8,13-14H,9-12,15H2,1-2H3,(H,24,27)/b8-5+. The third-order valence-electron chi connectivity index (χ3n) is 5.33. The summed E-state index contributed by atoms with van der Waals surface area (Å²) in [5.74, 6) is -1.53. The van der Waals surface area contributed by atoms with E-state index in [1.807, 2.05) is 0 Å². The van der Waals surface area contributed by atoms with E-state index in [1.54, 1.807) is 26.0 Å². The molecule has 11 nitrogen and oxygen atoms in total. The van der Waals surface area contributed by atoms with Gasteiger partial charge in [-0.1, -0.05) is 12.1 Å². The Labute approximate surface area is 202 Å². The molecule has 0 radical (unpaired) electrons. The van der Waals surface area contributed by atoms with Crippen LogP contribution in [0.5, 0.6) is 0 Å². The number of aryl methyl sites for hydroxylation is 2. The topological polar surface area (TPSA) is 145 Å². The molecule has 0 spiro atoms. The highest BCUT2D eigenvalue weighted by Crippen LogP contribution is 2.27. The molecule has 35 heavy (non-hydrogen) atoms. The maximum atomic E-state index is 12.6. The van der Waals surface area contributed by atoms with Crippen LogP contribution in [-0.4, -0.2) is 62.4 Å². The minimum atomic E-state index is -3.62. The van der Waals surface area contributed by atoms with Gasteiger partial charge in [-0.15, -0.1) is 0 Å². The van der Waals surface area contributed by atoms with Crippen LogP contribution in [0, 0.1) is 24.0 Å². The first kappa shape index (κ1) is 26.0. The summed E-state index contributed by atoms with van der Waals surface area (Å²) in [6, 6.07) is 8.82. The number of benzene rings is 2. The number of esters is 1. The Bertz CT molecular complexity index is 1250. The molecule has 2 aromatic rings. The summed E-state index contributed by atoms with van der Waals surface area (Å²) < 4.78 is 36.7. The van der Waals surface area contributed by atoms with Gasteiger partial charge in [-0.25, -0.2) is 13.2 Å². The van der Waals surface area contributed by atoms with Crippen molar-refractivity contribution in [3.8, 4) is 0 Å². The fourth-order valence-corrected chi connectivity index (χ4v) is 4.68. The number of anilines is 1. The summed E-state index contributed by atoms with van der Waals surface area (Å²) in [5.41, 5.74) is 1.78. The van der Waals surface area contributed by atoms with Crippen LogP contribution in [0.2, 0.25) is 0 Å². The maximum absolute atomic E-state index is 12.6. The second-order valence-electron chi connectivity index (χ2n) is 7.79. The summed E-state index contributed by atoms with van der Waals surface area (Å²) in [5, 5.41) is 13.6. The quantitative estimate of drug-likeness (QED) is 0.250. The molecule has 0 atom stereocenters. The highest BCUT2D eigenvalue weighted by atomic mass is 32.2. The molecule has 0 saturated carbocycles. The van der Waals surface area contributed by atoms with Gasteiger partial charge >= 0.3 is 5.97 Å². The number of morpholine rings is 1. The predicted octanol–water partition coefficient (Wildman–Crippen LogP) is 2.43. The Morgan fingerprint density at radius 1 is 1.14 bits per heavy atom. The monoisotopic (exact) mass is 503 g/mol. The lowest BCUT2D eigenvalue weighted by atomic mass is 10.1. The molecular formula is C23H25N3O8S. The van der Waals surface area contributed by atoms with Crippen molar-refractivity contribution in [1.82, 2.24) is 4.31 Å². The van der Waals surface area contributed by atoms with Crippen LogP contribution in [0.4, 0.5) is 11.4 Å². The lowest BCUT2D eigenvalue weighted by Crippen LogP contribution is -2.40. The second kappa shape index (κ2) is 11.2. The van der Waals surface area contributed by atoms with Crippen LogP contribution < -0.4 is 5.32 Å². The van der Waals surface area contributed by atoms with Gasteiger partial charge in [0.25, 0.3) is 11.6 Å². The normalized spacial score (nSPS) is 14.6. The van der Waals surface area contributed by atoms with Crippen molar-refractivity contribution >= 4 is 39.4 Å². The van der Waals surface area contributed by atoms with E-state index in [0.29, 0.717) is 37.4 Å². The molecule has 1 aliphatic rings. The molecule has 1 amide bonds.